The Bertz CT molecular complexity index is 1540. The second-order valence-corrected chi connectivity index (χ2v) is 12.5. The van der Waals surface area contributed by atoms with Crippen LogP contribution < -0.4 is 9.47 Å². The van der Waals surface area contributed by atoms with E-state index in [4.69, 9.17) is 0 Å². The quantitative estimate of drug-likeness (QED) is 0.265. The second-order valence-electron chi connectivity index (χ2n) is 12.5. The fourth-order valence-electron chi connectivity index (χ4n) is 9.41. The molecule has 0 spiro atoms. The Morgan fingerprint density at radius 2 is 1.49 bits per heavy atom. The summed E-state index contributed by atoms with van der Waals surface area (Å²) in [7, 11) is 4.54. The summed E-state index contributed by atoms with van der Waals surface area (Å²) < 4.78 is 2.36. The zero-order valence-electron chi connectivity index (χ0n) is 21.5. The van der Waals surface area contributed by atoms with E-state index in [-0.39, 0.29) is 0 Å². The molecule has 0 unspecified atom stereocenters. The molecular formula is C33H35N2+. The summed E-state index contributed by atoms with van der Waals surface area (Å²) in [5, 5.41) is 5.61. The molecular weight excluding hydrogens is 424 g/mol. The molecule has 0 atom stereocenters. The zero-order valence-corrected chi connectivity index (χ0v) is 21.5. The van der Waals surface area contributed by atoms with Gasteiger partial charge < -0.3 is 4.90 Å². The third-order valence-corrected chi connectivity index (χ3v) is 10.5. The Morgan fingerprint density at radius 3 is 2.14 bits per heavy atom. The average Bonchev–Trinajstić information content (AvgIpc) is 2.84. The maximum absolute atomic E-state index is 2.62. The summed E-state index contributed by atoms with van der Waals surface area (Å²) in [6.45, 7) is 4.65. The van der Waals surface area contributed by atoms with Gasteiger partial charge in [-0.1, -0.05) is 24.3 Å². The van der Waals surface area contributed by atoms with Crippen LogP contribution >= 0.6 is 0 Å². The molecule has 4 aromatic rings. The number of rotatable bonds is 1. The molecule has 4 fully saturated rings. The van der Waals surface area contributed by atoms with Crippen molar-refractivity contribution in [3.05, 3.63) is 65.4 Å². The lowest BCUT2D eigenvalue weighted by atomic mass is 9.48. The standard InChI is InChI=1S/C33H35N2/c1-19-26-7-5-6-8-27(26)20(2)31-29(19)32-30-24(9-10-34(32)3)14-25(15-28(30)35(31)4)33-16-21-11-22(17-33)13-23(12-21)18-33/h5-10,14-15,21-23H,11-13,16-18H2,1-4H3/q+1. The second kappa shape index (κ2) is 6.66. The Kier molecular flexibility index (Phi) is 3.87. The molecule has 4 aliphatic carbocycles. The van der Waals surface area contributed by atoms with E-state index in [9.17, 15) is 0 Å². The summed E-state index contributed by atoms with van der Waals surface area (Å²) >= 11 is 0. The fourth-order valence-corrected chi connectivity index (χ4v) is 9.41. The van der Waals surface area contributed by atoms with Crippen molar-refractivity contribution in [3.63, 3.8) is 0 Å². The van der Waals surface area contributed by atoms with Crippen molar-refractivity contribution in [2.75, 3.05) is 11.9 Å². The van der Waals surface area contributed by atoms with Crippen molar-refractivity contribution in [2.45, 2.75) is 57.8 Å². The van der Waals surface area contributed by atoms with Gasteiger partial charge in [0, 0.05) is 13.1 Å². The van der Waals surface area contributed by atoms with Crippen LogP contribution in [-0.4, -0.2) is 7.05 Å². The van der Waals surface area contributed by atoms with Gasteiger partial charge in [-0.05, 0) is 121 Å². The van der Waals surface area contributed by atoms with E-state index in [1.54, 1.807) is 5.56 Å². The van der Waals surface area contributed by atoms with E-state index in [1.165, 1.54) is 93.8 Å². The maximum atomic E-state index is 2.62. The minimum Gasteiger partial charge on any atom is -0.343 e. The smallest absolute Gasteiger partial charge is 0.224 e. The van der Waals surface area contributed by atoms with Crippen LogP contribution in [0.1, 0.15) is 55.2 Å². The molecule has 1 aromatic heterocycles. The van der Waals surface area contributed by atoms with Crippen LogP contribution in [-0.2, 0) is 12.5 Å². The van der Waals surface area contributed by atoms with Gasteiger partial charge in [0.1, 0.15) is 7.05 Å². The van der Waals surface area contributed by atoms with E-state index in [0.29, 0.717) is 5.41 Å². The molecule has 35 heavy (non-hydrogen) atoms. The molecule has 2 nitrogen and oxygen atoms in total. The van der Waals surface area contributed by atoms with Crippen LogP contribution in [0.3, 0.4) is 0 Å². The molecule has 4 saturated carbocycles. The monoisotopic (exact) mass is 459 g/mol. The van der Waals surface area contributed by atoms with Gasteiger partial charge in [-0.2, -0.15) is 0 Å². The topological polar surface area (TPSA) is 7.12 Å². The Morgan fingerprint density at radius 1 is 0.857 bits per heavy atom. The molecule has 0 N–H and O–H groups in total. The van der Waals surface area contributed by atoms with E-state index in [2.05, 4.69) is 86.1 Å². The first kappa shape index (κ1) is 20.3. The first-order valence-corrected chi connectivity index (χ1v) is 13.7. The first-order valence-electron chi connectivity index (χ1n) is 13.7. The van der Waals surface area contributed by atoms with Crippen molar-refractivity contribution in [1.29, 1.82) is 0 Å². The Balaban J connectivity index is 1.44. The predicted molar refractivity (Wildman–Crippen MR) is 145 cm³/mol. The SMILES string of the molecule is Cc1c2c(c(C)c3ccccc13)N(C)c1cc(C34CC5CC(CC(C5)C3)C4)cc3cc[n+](C)c-2c13. The van der Waals surface area contributed by atoms with E-state index in [1.807, 2.05) is 0 Å². The van der Waals surface area contributed by atoms with Crippen molar-refractivity contribution in [3.8, 4) is 11.3 Å². The van der Waals surface area contributed by atoms with Crippen molar-refractivity contribution >= 4 is 32.9 Å². The molecule has 2 heterocycles. The lowest BCUT2D eigenvalue weighted by Crippen LogP contribution is -2.48. The van der Waals surface area contributed by atoms with Crippen LogP contribution in [0, 0.1) is 31.6 Å². The predicted octanol–water partition coefficient (Wildman–Crippen LogP) is 7.65. The summed E-state index contributed by atoms with van der Waals surface area (Å²) in [5.74, 6) is 2.89. The van der Waals surface area contributed by atoms with E-state index >= 15 is 0 Å². The molecule has 2 heteroatoms. The number of nitrogens with zero attached hydrogens (tertiary/aromatic N) is 2. The van der Waals surface area contributed by atoms with Gasteiger partial charge in [-0.15, -0.1) is 0 Å². The third kappa shape index (κ3) is 2.53. The molecule has 0 amide bonds. The number of aryl methyl sites for hydroxylation is 3. The van der Waals surface area contributed by atoms with E-state index in [0.717, 1.165) is 17.8 Å². The molecule has 9 rings (SSSR count). The van der Waals surface area contributed by atoms with Crippen LogP contribution in [0.2, 0.25) is 0 Å². The van der Waals surface area contributed by atoms with Crippen LogP contribution in [0.25, 0.3) is 32.8 Å². The largest absolute Gasteiger partial charge is 0.343 e. The minimum absolute atomic E-state index is 0.410. The van der Waals surface area contributed by atoms with Crippen LogP contribution in [0.5, 0.6) is 0 Å². The minimum atomic E-state index is 0.410. The molecule has 1 aliphatic heterocycles. The zero-order chi connectivity index (χ0) is 23.6. The Hall–Kier alpha value is -2.87. The van der Waals surface area contributed by atoms with Gasteiger partial charge >= 0.3 is 0 Å². The molecule has 0 radical (unpaired) electrons. The number of anilines is 2. The third-order valence-electron chi connectivity index (χ3n) is 10.5. The average molecular weight is 460 g/mol. The summed E-state index contributed by atoms with van der Waals surface area (Å²) in [4.78, 5) is 2.53. The highest BCUT2D eigenvalue weighted by Gasteiger charge is 2.52. The summed E-state index contributed by atoms with van der Waals surface area (Å²) in [6.07, 6.45) is 11.0. The number of benzene rings is 3. The number of pyridine rings is 1. The van der Waals surface area contributed by atoms with Gasteiger partial charge in [0.05, 0.1) is 22.3 Å². The fraction of sp³-hybridized carbons (Fsp3) is 0.424. The maximum Gasteiger partial charge on any atom is 0.224 e. The highest BCUT2D eigenvalue weighted by molar-refractivity contribution is 6.14. The highest BCUT2D eigenvalue weighted by Crippen LogP contribution is 2.62. The van der Waals surface area contributed by atoms with Gasteiger partial charge in [0.25, 0.3) is 0 Å². The molecule has 176 valence electrons. The van der Waals surface area contributed by atoms with Crippen molar-refractivity contribution in [2.24, 2.45) is 24.8 Å². The normalized spacial score (nSPS) is 28.2. The van der Waals surface area contributed by atoms with Gasteiger partial charge in [0.15, 0.2) is 6.20 Å². The van der Waals surface area contributed by atoms with E-state index < -0.39 is 0 Å². The molecule has 3 aromatic carbocycles. The Labute approximate surface area is 208 Å². The van der Waals surface area contributed by atoms with Crippen molar-refractivity contribution < 1.29 is 4.57 Å². The number of fused-ring (bicyclic) bond motifs is 3. The summed E-state index contributed by atoms with van der Waals surface area (Å²) in [6, 6.07) is 16.5. The summed E-state index contributed by atoms with van der Waals surface area (Å²) in [5.41, 5.74) is 10.4. The van der Waals surface area contributed by atoms with Crippen LogP contribution in [0.4, 0.5) is 11.4 Å². The molecule has 0 saturated heterocycles. The van der Waals surface area contributed by atoms with Gasteiger partial charge in [-0.25, -0.2) is 4.57 Å². The lowest BCUT2D eigenvalue weighted by Gasteiger charge is -2.57. The van der Waals surface area contributed by atoms with Crippen LogP contribution in [0.15, 0.2) is 48.7 Å². The number of aromatic nitrogens is 1. The van der Waals surface area contributed by atoms with Crippen molar-refractivity contribution in [1.82, 2.24) is 0 Å². The highest BCUT2D eigenvalue weighted by atomic mass is 15.1. The molecule has 4 bridgehead atoms. The van der Waals surface area contributed by atoms with Gasteiger partial charge in [0.2, 0.25) is 5.69 Å². The number of hydrogen-bond acceptors (Lipinski definition) is 1. The lowest BCUT2D eigenvalue weighted by molar-refractivity contribution is -0.659. The number of hydrogen-bond donors (Lipinski definition) is 0. The first-order chi connectivity index (χ1) is 16.9. The molecule has 5 aliphatic rings. The van der Waals surface area contributed by atoms with Gasteiger partial charge in [-0.3, -0.25) is 0 Å².